The number of aliphatic hydroxyl groups is 1. The van der Waals surface area contributed by atoms with E-state index in [0.717, 1.165) is 19.3 Å². The van der Waals surface area contributed by atoms with Crippen LogP contribution in [0.2, 0.25) is 0 Å². The number of hydrogen-bond donors (Lipinski definition) is 1. The number of rotatable bonds is 1. The Bertz CT molecular complexity index is 615. The normalized spacial score (nSPS) is 30.1. The number of hydrogen-bond acceptors (Lipinski definition) is 4. The maximum Gasteiger partial charge on any atom is 0.410 e. The van der Waals surface area contributed by atoms with Crippen molar-refractivity contribution in [2.45, 2.75) is 76.2 Å². The fourth-order valence-corrected chi connectivity index (χ4v) is 4.00. The second-order valence-corrected chi connectivity index (χ2v) is 7.91. The second-order valence-electron chi connectivity index (χ2n) is 7.91. The summed E-state index contributed by atoms with van der Waals surface area (Å²) in [7, 11) is 0. The lowest BCUT2D eigenvalue weighted by Gasteiger charge is -2.51. The summed E-state index contributed by atoms with van der Waals surface area (Å²) in [6, 6.07) is 2.93. The number of carbonyl (C=O) groups is 1. The highest BCUT2D eigenvalue weighted by atomic mass is 19.1. The molecule has 3 heterocycles. The lowest BCUT2D eigenvalue weighted by molar-refractivity contribution is -0.0981. The molecular formula is C18H25FN2O3. The fraction of sp³-hybridized carbons (Fsp3) is 0.667. The van der Waals surface area contributed by atoms with Crippen molar-refractivity contribution in [1.29, 1.82) is 0 Å². The molecule has 2 aliphatic rings. The molecule has 2 atom stereocenters. The van der Waals surface area contributed by atoms with Crippen LogP contribution >= 0.6 is 0 Å². The average molecular weight is 336 g/mol. The summed E-state index contributed by atoms with van der Waals surface area (Å²) in [6.07, 6.45) is 4.24. The minimum Gasteiger partial charge on any atom is -0.444 e. The van der Waals surface area contributed by atoms with Crippen LogP contribution in [0.25, 0.3) is 0 Å². The fourth-order valence-electron chi connectivity index (χ4n) is 4.00. The van der Waals surface area contributed by atoms with Crippen LogP contribution in [0.4, 0.5) is 9.18 Å². The molecule has 2 unspecified atom stereocenters. The summed E-state index contributed by atoms with van der Waals surface area (Å²) < 4.78 is 19.6. The molecule has 5 nitrogen and oxygen atoms in total. The maximum absolute atomic E-state index is 14.1. The Hall–Kier alpha value is -1.69. The zero-order valence-electron chi connectivity index (χ0n) is 14.5. The number of pyridine rings is 1. The zero-order chi connectivity index (χ0) is 17.5. The van der Waals surface area contributed by atoms with Crippen LogP contribution in [-0.4, -0.2) is 38.8 Å². The van der Waals surface area contributed by atoms with Gasteiger partial charge in [-0.3, -0.25) is 0 Å². The highest BCUT2D eigenvalue weighted by Gasteiger charge is 2.50. The van der Waals surface area contributed by atoms with Gasteiger partial charge in [0.25, 0.3) is 0 Å². The van der Waals surface area contributed by atoms with E-state index in [1.807, 2.05) is 20.8 Å². The molecule has 3 rings (SSSR count). The molecule has 0 aromatic carbocycles. The summed E-state index contributed by atoms with van der Waals surface area (Å²) in [5.41, 5.74) is -1.62. The van der Waals surface area contributed by atoms with E-state index in [1.54, 1.807) is 17.0 Å². The van der Waals surface area contributed by atoms with E-state index in [2.05, 4.69) is 4.98 Å². The molecule has 1 amide bonds. The van der Waals surface area contributed by atoms with Gasteiger partial charge in [-0.2, -0.15) is 4.39 Å². The SMILES string of the molecule is CC(C)(C)OC(=O)N1C2CCCC1CC(O)(c1cccnc1F)C2. The summed E-state index contributed by atoms with van der Waals surface area (Å²) >= 11 is 0. The molecule has 0 aliphatic carbocycles. The van der Waals surface area contributed by atoms with Crippen molar-refractivity contribution in [3.05, 3.63) is 29.8 Å². The van der Waals surface area contributed by atoms with E-state index in [0.29, 0.717) is 12.8 Å². The molecule has 2 aliphatic heterocycles. The van der Waals surface area contributed by atoms with Gasteiger partial charge in [-0.05, 0) is 46.1 Å². The summed E-state index contributed by atoms with van der Waals surface area (Å²) in [4.78, 5) is 18.0. The van der Waals surface area contributed by atoms with Crippen LogP contribution in [0.5, 0.6) is 0 Å². The molecule has 132 valence electrons. The highest BCUT2D eigenvalue weighted by Crippen LogP contribution is 2.45. The predicted octanol–water partition coefficient (Wildman–Crippen LogP) is 3.36. The third-order valence-corrected chi connectivity index (χ3v) is 4.87. The second kappa shape index (κ2) is 5.99. The first kappa shape index (κ1) is 17.1. The van der Waals surface area contributed by atoms with Gasteiger partial charge in [0.1, 0.15) is 5.60 Å². The number of halogens is 1. The van der Waals surface area contributed by atoms with Gasteiger partial charge in [0.05, 0.1) is 5.60 Å². The van der Waals surface area contributed by atoms with Crippen molar-refractivity contribution in [3.8, 4) is 0 Å². The minimum absolute atomic E-state index is 0.142. The molecule has 0 radical (unpaired) electrons. The van der Waals surface area contributed by atoms with Gasteiger partial charge >= 0.3 is 6.09 Å². The topological polar surface area (TPSA) is 62.7 Å². The zero-order valence-corrected chi connectivity index (χ0v) is 14.5. The summed E-state index contributed by atoms with van der Waals surface area (Å²) in [6.45, 7) is 5.52. The minimum atomic E-state index is -1.29. The third kappa shape index (κ3) is 3.24. The first-order valence-corrected chi connectivity index (χ1v) is 8.54. The van der Waals surface area contributed by atoms with Crippen LogP contribution in [0.3, 0.4) is 0 Å². The standard InChI is InChI=1S/C18H25FN2O3/c1-17(2,3)24-16(22)21-12-6-4-7-13(21)11-18(23,10-12)14-8-5-9-20-15(14)19/h5,8-9,12-13,23H,4,6-7,10-11H2,1-3H3. The smallest absolute Gasteiger partial charge is 0.410 e. The Morgan fingerprint density at radius 2 is 2.00 bits per heavy atom. The van der Waals surface area contributed by atoms with Crippen LogP contribution in [0.15, 0.2) is 18.3 Å². The van der Waals surface area contributed by atoms with Crippen molar-refractivity contribution in [2.75, 3.05) is 0 Å². The van der Waals surface area contributed by atoms with Crippen LogP contribution in [0, 0.1) is 5.95 Å². The number of amides is 1. The lowest BCUT2D eigenvalue weighted by Crippen LogP contribution is -2.59. The monoisotopic (exact) mass is 336 g/mol. The first-order chi connectivity index (χ1) is 11.2. The van der Waals surface area contributed by atoms with Crippen molar-refractivity contribution in [2.24, 2.45) is 0 Å². The molecule has 1 N–H and O–H groups in total. The number of nitrogens with zero attached hydrogens (tertiary/aromatic N) is 2. The van der Waals surface area contributed by atoms with Crippen LogP contribution < -0.4 is 0 Å². The molecule has 1 aromatic rings. The Morgan fingerprint density at radius 1 is 1.38 bits per heavy atom. The molecule has 2 saturated heterocycles. The van der Waals surface area contributed by atoms with Crippen LogP contribution in [-0.2, 0) is 10.3 Å². The van der Waals surface area contributed by atoms with E-state index in [4.69, 9.17) is 4.74 Å². The van der Waals surface area contributed by atoms with Crippen molar-refractivity contribution < 1.29 is 19.0 Å². The van der Waals surface area contributed by atoms with E-state index in [9.17, 15) is 14.3 Å². The maximum atomic E-state index is 14.1. The largest absolute Gasteiger partial charge is 0.444 e. The highest BCUT2D eigenvalue weighted by molar-refractivity contribution is 5.69. The number of piperidine rings is 2. The lowest BCUT2D eigenvalue weighted by atomic mass is 9.73. The Morgan fingerprint density at radius 3 is 2.54 bits per heavy atom. The van der Waals surface area contributed by atoms with Crippen molar-refractivity contribution >= 4 is 6.09 Å². The van der Waals surface area contributed by atoms with Gasteiger partial charge in [0, 0.05) is 36.7 Å². The van der Waals surface area contributed by atoms with E-state index < -0.39 is 17.1 Å². The van der Waals surface area contributed by atoms with Gasteiger partial charge in [-0.25, -0.2) is 9.78 Å². The van der Waals surface area contributed by atoms with E-state index in [1.165, 1.54) is 6.20 Å². The molecule has 2 bridgehead atoms. The average Bonchev–Trinajstić information content (AvgIpc) is 2.44. The predicted molar refractivity (Wildman–Crippen MR) is 86.8 cm³/mol. The van der Waals surface area contributed by atoms with Gasteiger partial charge in [0.15, 0.2) is 0 Å². The number of aromatic nitrogens is 1. The molecular weight excluding hydrogens is 311 g/mol. The third-order valence-electron chi connectivity index (χ3n) is 4.87. The van der Waals surface area contributed by atoms with Gasteiger partial charge < -0.3 is 14.7 Å². The molecule has 1 aromatic heterocycles. The molecule has 0 saturated carbocycles. The van der Waals surface area contributed by atoms with E-state index in [-0.39, 0.29) is 23.7 Å². The van der Waals surface area contributed by atoms with Crippen molar-refractivity contribution in [3.63, 3.8) is 0 Å². The molecule has 2 fully saturated rings. The molecule has 0 spiro atoms. The summed E-state index contributed by atoms with van der Waals surface area (Å²) in [5.74, 6) is -0.635. The summed E-state index contributed by atoms with van der Waals surface area (Å²) in [5, 5.41) is 11.1. The van der Waals surface area contributed by atoms with Gasteiger partial charge in [-0.1, -0.05) is 6.07 Å². The Labute approximate surface area is 141 Å². The van der Waals surface area contributed by atoms with Crippen LogP contribution in [0.1, 0.15) is 58.4 Å². The van der Waals surface area contributed by atoms with E-state index >= 15 is 0 Å². The van der Waals surface area contributed by atoms with Gasteiger partial charge in [0.2, 0.25) is 5.95 Å². The van der Waals surface area contributed by atoms with Crippen molar-refractivity contribution in [1.82, 2.24) is 9.88 Å². The molecule has 6 heteroatoms. The quantitative estimate of drug-likeness (QED) is 0.799. The Kier molecular flexibility index (Phi) is 4.28. The number of carbonyl (C=O) groups excluding carboxylic acids is 1. The van der Waals surface area contributed by atoms with Gasteiger partial charge in [-0.15, -0.1) is 0 Å². The molecule has 24 heavy (non-hydrogen) atoms. The number of fused-ring (bicyclic) bond motifs is 2. The Balaban J connectivity index is 1.86. The number of ether oxygens (including phenoxy) is 1. The first-order valence-electron chi connectivity index (χ1n) is 8.54.